The third-order valence-electron chi connectivity index (χ3n) is 3.94. The van der Waals surface area contributed by atoms with Gasteiger partial charge in [0.05, 0.1) is 13.7 Å². The summed E-state index contributed by atoms with van der Waals surface area (Å²) in [6.45, 7) is 0.919. The largest absolute Gasteiger partial charge is 0.496 e. The Hall–Kier alpha value is -1.26. The monoisotopic (exact) mass is 235 g/mol. The van der Waals surface area contributed by atoms with E-state index in [2.05, 4.69) is 0 Å². The summed E-state index contributed by atoms with van der Waals surface area (Å²) in [6.07, 6.45) is 1.59. The van der Waals surface area contributed by atoms with Crippen LogP contribution in [0.3, 0.4) is 0 Å². The lowest BCUT2D eigenvalue weighted by Gasteiger charge is -2.36. The van der Waals surface area contributed by atoms with Gasteiger partial charge in [-0.05, 0) is 25.0 Å². The standard InChI is InChI=1S/C13H17NO3/c1-16-10-3-2-9-11-8(6-17-9)4-5-13(15,7-14)12(10)11/h2-3,8,15H,4-7,14H2,1H3/t8-,13+/m1/s1. The van der Waals surface area contributed by atoms with Gasteiger partial charge in [-0.1, -0.05) is 0 Å². The van der Waals surface area contributed by atoms with Crippen LogP contribution in [0.5, 0.6) is 11.5 Å². The van der Waals surface area contributed by atoms with Crippen LogP contribution in [0.1, 0.15) is 29.9 Å². The van der Waals surface area contributed by atoms with Gasteiger partial charge >= 0.3 is 0 Å². The van der Waals surface area contributed by atoms with Crippen LogP contribution in [0, 0.1) is 0 Å². The van der Waals surface area contributed by atoms with E-state index >= 15 is 0 Å². The Morgan fingerprint density at radius 3 is 3.12 bits per heavy atom. The molecule has 0 unspecified atom stereocenters. The molecule has 0 amide bonds. The second kappa shape index (κ2) is 3.62. The van der Waals surface area contributed by atoms with Gasteiger partial charge in [-0.15, -0.1) is 0 Å². The number of methoxy groups -OCH3 is 1. The zero-order valence-electron chi connectivity index (χ0n) is 9.90. The molecule has 92 valence electrons. The normalized spacial score (nSPS) is 29.7. The molecule has 0 saturated heterocycles. The second-order valence-corrected chi connectivity index (χ2v) is 4.84. The second-order valence-electron chi connectivity index (χ2n) is 4.84. The average Bonchev–Trinajstić information content (AvgIpc) is 2.78. The maximum atomic E-state index is 10.7. The Morgan fingerprint density at radius 1 is 1.59 bits per heavy atom. The molecule has 4 nitrogen and oxygen atoms in total. The fraction of sp³-hybridized carbons (Fsp3) is 0.538. The minimum Gasteiger partial charge on any atom is -0.496 e. The Bertz CT molecular complexity index is 460. The smallest absolute Gasteiger partial charge is 0.125 e. The summed E-state index contributed by atoms with van der Waals surface area (Å²) in [5.74, 6) is 1.96. The number of rotatable bonds is 2. The summed E-state index contributed by atoms with van der Waals surface area (Å²) >= 11 is 0. The highest BCUT2D eigenvalue weighted by molar-refractivity contribution is 5.56. The van der Waals surface area contributed by atoms with E-state index in [1.165, 1.54) is 0 Å². The highest BCUT2D eigenvalue weighted by Gasteiger charge is 2.43. The van der Waals surface area contributed by atoms with Crippen LogP contribution < -0.4 is 15.2 Å². The van der Waals surface area contributed by atoms with Gasteiger partial charge in [0.1, 0.15) is 17.1 Å². The topological polar surface area (TPSA) is 64.7 Å². The molecule has 3 rings (SSSR count). The van der Waals surface area contributed by atoms with Crippen molar-refractivity contribution in [3.8, 4) is 11.5 Å². The van der Waals surface area contributed by atoms with Crippen molar-refractivity contribution in [2.24, 2.45) is 5.73 Å². The van der Waals surface area contributed by atoms with Crippen LogP contribution in [0.15, 0.2) is 12.1 Å². The quantitative estimate of drug-likeness (QED) is 0.806. The zero-order chi connectivity index (χ0) is 12.0. The lowest BCUT2D eigenvalue weighted by molar-refractivity contribution is 0.0220. The first-order valence-electron chi connectivity index (χ1n) is 5.96. The van der Waals surface area contributed by atoms with Crippen LogP contribution in [-0.2, 0) is 5.60 Å². The van der Waals surface area contributed by atoms with Crippen molar-refractivity contribution in [2.75, 3.05) is 20.3 Å². The third kappa shape index (κ3) is 1.37. The van der Waals surface area contributed by atoms with E-state index in [4.69, 9.17) is 15.2 Å². The van der Waals surface area contributed by atoms with Crippen molar-refractivity contribution >= 4 is 0 Å². The predicted octanol–water partition coefficient (Wildman–Crippen LogP) is 1.11. The highest BCUT2D eigenvalue weighted by atomic mass is 16.5. The third-order valence-corrected chi connectivity index (χ3v) is 3.94. The van der Waals surface area contributed by atoms with Crippen LogP contribution in [-0.4, -0.2) is 25.4 Å². The minimum atomic E-state index is -0.971. The van der Waals surface area contributed by atoms with Crippen molar-refractivity contribution in [1.82, 2.24) is 0 Å². The molecule has 0 spiro atoms. The van der Waals surface area contributed by atoms with Gasteiger partial charge in [0, 0.05) is 23.6 Å². The summed E-state index contributed by atoms with van der Waals surface area (Å²) in [7, 11) is 1.62. The molecule has 2 aliphatic rings. The number of benzene rings is 1. The number of ether oxygens (including phenoxy) is 2. The maximum Gasteiger partial charge on any atom is 0.125 e. The zero-order valence-corrected chi connectivity index (χ0v) is 9.90. The molecule has 0 bridgehead atoms. The van der Waals surface area contributed by atoms with Gasteiger partial charge in [-0.3, -0.25) is 0 Å². The summed E-state index contributed by atoms with van der Waals surface area (Å²) in [5, 5.41) is 10.7. The van der Waals surface area contributed by atoms with Gasteiger partial charge in [-0.2, -0.15) is 0 Å². The number of hydrogen-bond acceptors (Lipinski definition) is 4. The first-order chi connectivity index (χ1) is 8.19. The number of nitrogens with two attached hydrogens (primary N) is 1. The van der Waals surface area contributed by atoms with E-state index in [0.717, 1.165) is 23.3 Å². The molecule has 0 fully saturated rings. The summed E-state index contributed by atoms with van der Waals surface area (Å²) in [5.41, 5.74) is 6.72. The van der Waals surface area contributed by atoms with Crippen LogP contribution in [0.25, 0.3) is 0 Å². The molecule has 0 saturated carbocycles. The van der Waals surface area contributed by atoms with Gasteiger partial charge < -0.3 is 20.3 Å². The van der Waals surface area contributed by atoms with E-state index in [1.54, 1.807) is 7.11 Å². The summed E-state index contributed by atoms with van der Waals surface area (Å²) in [6, 6.07) is 3.77. The van der Waals surface area contributed by atoms with Crippen molar-refractivity contribution in [3.05, 3.63) is 23.3 Å². The van der Waals surface area contributed by atoms with Crippen LogP contribution >= 0.6 is 0 Å². The first-order valence-corrected chi connectivity index (χ1v) is 5.96. The van der Waals surface area contributed by atoms with Crippen molar-refractivity contribution in [1.29, 1.82) is 0 Å². The molecule has 0 aromatic heterocycles. The van der Waals surface area contributed by atoms with Crippen molar-refractivity contribution in [3.63, 3.8) is 0 Å². The van der Waals surface area contributed by atoms with Crippen molar-refractivity contribution in [2.45, 2.75) is 24.4 Å². The molecule has 4 heteroatoms. The molecule has 1 aliphatic carbocycles. The number of hydrogen-bond donors (Lipinski definition) is 2. The van der Waals surface area contributed by atoms with E-state index in [0.29, 0.717) is 24.7 Å². The molecule has 2 atom stereocenters. The van der Waals surface area contributed by atoms with E-state index < -0.39 is 5.60 Å². The molecule has 1 aromatic rings. The maximum absolute atomic E-state index is 10.7. The molecule has 3 N–H and O–H groups in total. The number of aliphatic hydroxyl groups is 1. The Morgan fingerprint density at radius 2 is 2.41 bits per heavy atom. The highest BCUT2D eigenvalue weighted by Crippen LogP contribution is 2.51. The molecular formula is C13H17NO3. The molecule has 0 radical (unpaired) electrons. The van der Waals surface area contributed by atoms with Crippen LogP contribution in [0.4, 0.5) is 0 Å². The van der Waals surface area contributed by atoms with Gasteiger partial charge in [-0.25, -0.2) is 0 Å². The van der Waals surface area contributed by atoms with Crippen LogP contribution in [0.2, 0.25) is 0 Å². The first kappa shape index (κ1) is 10.9. The Kier molecular flexibility index (Phi) is 2.31. The fourth-order valence-electron chi connectivity index (χ4n) is 3.01. The van der Waals surface area contributed by atoms with Gasteiger partial charge in [0.25, 0.3) is 0 Å². The molecule has 1 aromatic carbocycles. The lowest BCUT2D eigenvalue weighted by atomic mass is 9.74. The molecular weight excluding hydrogens is 218 g/mol. The Balaban J connectivity index is 2.26. The average molecular weight is 235 g/mol. The van der Waals surface area contributed by atoms with Crippen molar-refractivity contribution < 1.29 is 14.6 Å². The molecule has 1 heterocycles. The molecule has 1 aliphatic heterocycles. The van der Waals surface area contributed by atoms with E-state index in [-0.39, 0.29) is 6.54 Å². The predicted molar refractivity (Wildman–Crippen MR) is 63.4 cm³/mol. The van der Waals surface area contributed by atoms with E-state index in [1.807, 2.05) is 12.1 Å². The Labute approximate surface area is 100 Å². The SMILES string of the molecule is COc1ccc2c3c1[C@@](O)(CN)CC[C@@H]3CO2. The fourth-order valence-corrected chi connectivity index (χ4v) is 3.01. The lowest BCUT2D eigenvalue weighted by Crippen LogP contribution is -2.39. The van der Waals surface area contributed by atoms with Gasteiger partial charge in [0.15, 0.2) is 0 Å². The van der Waals surface area contributed by atoms with E-state index in [9.17, 15) is 5.11 Å². The van der Waals surface area contributed by atoms with Gasteiger partial charge in [0.2, 0.25) is 0 Å². The summed E-state index contributed by atoms with van der Waals surface area (Å²) in [4.78, 5) is 0. The molecule has 17 heavy (non-hydrogen) atoms. The summed E-state index contributed by atoms with van der Waals surface area (Å²) < 4.78 is 11.0. The minimum absolute atomic E-state index is 0.215.